The summed E-state index contributed by atoms with van der Waals surface area (Å²) in [6.07, 6.45) is -0.216. The Morgan fingerprint density at radius 1 is 1.47 bits per heavy atom. The van der Waals surface area contributed by atoms with E-state index in [4.69, 9.17) is 4.74 Å². The Bertz CT molecular complexity index is 549. The maximum absolute atomic E-state index is 12.1. The van der Waals surface area contributed by atoms with Gasteiger partial charge in [0.15, 0.2) is 5.78 Å². The number of aliphatic hydroxyl groups is 1. The van der Waals surface area contributed by atoms with Crippen molar-refractivity contribution in [3.8, 4) is 11.5 Å². The molecule has 2 rings (SSSR count). The Hall–Kier alpha value is -1.88. The van der Waals surface area contributed by atoms with Crippen LogP contribution in [0, 0.1) is 6.92 Å². The van der Waals surface area contributed by atoms with Gasteiger partial charge in [0.25, 0.3) is 0 Å². The van der Waals surface area contributed by atoms with Crippen molar-refractivity contribution in [1.29, 1.82) is 0 Å². The molecule has 0 amide bonds. The quantitative estimate of drug-likeness (QED) is 0.868. The number of hydrogen-bond donors (Lipinski definition) is 2. The van der Waals surface area contributed by atoms with E-state index >= 15 is 0 Å². The Morgan fingerprint density at radius 3 is 2.79 bits per heavy atom. The Kier molecular flexibility index (Phi) is 3.32. The summed E-state index contributed by atoms with van der Waals surface area (Å²) in [4.78, 5) is 23.5. The second kappa shape index (κ2) is 4.66. The zero-order valence-corrected chi connectivity index (χ0v) is 10.9. The normalized spacial score (nSPS) is 21.7. The number of aryl methyl sites for hydroxylation is 1. The molecule has 19 heavy (non-hydrogen) atoms. The SMILES string of the molecule is CCC(=O)CC1(O)CC(=O)c2c(C)cc(O)cc2O1. The van der Waals surface area contributed by atoms with Crippen LogP contribution in [0.3, 0.4) is 0 Å². The standard InChI is InChI=1S/C14H16O5/c1-3-9(15)6-14(18)7-11(17)13-8(2)4-10(16)5-12(13)19-14/h4-5,16,18H,3,6-7H2,1-2H3. The number of carbonyl (C=O) groups is 2. The van der Waals surface area contributed by atoms with Gasteiger partial charge in [0.2, 0.25) is 5.79 Å². The van der Waals surface area contributed by atoms with Gasteiger partial charge < -0.3 is 14.9 Å². The van der Waals surface area contributed by atoms with Gasteiger partial charge in [-0.2, -0.15) is 0 Å². The molecule has 0 aromatic heterocycles. The van der Waals surface area contributed by atoms with Crippen molar-refractivity contribution in [3.05, 3.63) is 23.3 Å². The Balaban J connectivity index is 2.38. The lowest BCUT2D eigenvalue weighted by Crippen LogP contribution is -2.43. The number of aromatic hydroxyl groups is 1. The fourth-order valence-corrected chi connectivity index (χ4v) is 2.29. The second-order valence-corrected chi connectivity index (χ2v) is 4.85. The highest BCUT2D eigenvalue weighted by molar-refractivity contribution is 6.02. The van der Waals surface area contributed by atoms with Crippen molar-refractivity contribution in [3.63, 3.8) is 0 Å². The van der Waals surface area contributed by atoms with Crippen LogP contribution >= 0.6 is 0 Å². The van der Waals surface area contributed by atoms with Crippen molar-refractivity contribution in [1.82, 2.24) is 0 Å². The van der Waals surface area contributed by atoms with Gasteiger partial charge in [-0.3, -0.25) is 9.59 Å². The molecule has 1 aliphatic rings. The van der Waals surface area contributed by atoms with Crippen molar-refractivity contribution in [2.24, 2.45) is 0 Å². The van der Waals surface area contributed by atoms with E-state index in [0.717, 1.165) is 0 Å². The van der Waals surface area contributed by atoms with Crippen LogP contribution in [0.2, 0.25) is 0 Å². The van der Waals surface area contributed by atoms with Crippen molar-refractivity contribution in [2.75, 3.05) is 0 Å². The molecule has 5 nitrogen and oxygen atoms in total. The number of hydrogen-bond acceptors (Lipinski definition) is 5. The number of phenolic OH excluding ortho intramolecular Hbond substituents is 1. The van der Waals surface area contributed by atoms with Crippen LogP contribution in [0.15, 0.2) is 12.1 Å². The van der Waals surface area contributed by atoms with Crippen molar-refractivity contribution in [2.45, 2.75) is 38.9 Å². The second-order valence-electron chi connectivity index (χ2n) is 4.85. The minimum atomic E-state index is -1.81. The first-order valence-corrected chi connectivity index (χ1v) is 6.14. The molecule has 0 spiro atoms. The molecule has 1 aromatic carbocycles. The number of carbonyl (C=O) groups excluding carboxylic acids is 2. The topological polar surface area (TPSA) is 83.8 Å². The summed E-state index contributed by atoms with van der Waals surface area (Å²) in [5, 5.41) is 19.7. The monoisotopic (exact) mass is 264 g/mol. The number of Topliss-reactive ketones (excluding diaryl/α,β-unsaturated/α-hetero) is 2. The minimum absolute atomic E-state index is 0.0462. The third-order valence-electron chi connectivity index (χ3n) is 3.17. The predicted octanol–water partition coefficient (Wildman–Crippen LogP) is 1.72. The number of benzene rings is 1. The molecule has 1 aliphatic heterocycles. The summed E-state index contributed by atoms with van der Waals surface area (Å²) < 4.78 is 5.38. The molecule has 0 radical (unpaired) electrons. The molecular formula is C14H16O5. The van der Waals surface area contributed by atoms with Gasteiger partial charge in [-0.1, -0.05) is 6.92 Å². The molecule has 1 atom stereocenters. The predicted molar refractivity (Wildman–Crippen MR) is 67.3 cm³/mol. The summed E-state index contributed by atoms with van der Waals surface area (Å²) in [6.45, 7) is 3.36. The van der Waals surface area contributed by atoms with Crippen LogP contribution in [-0.2, 0) is 4.79 Å². The summed E-state index contributed by atoms with van der Waals surface area (Å²) >= 11 is 0. The average Bonchev–Trinajstić information content (AvgIpc) is 2.25. The lowest BCUT2D eigenvalue weighted by molar-refractivity contribution is -0.156. The number of phenols is 1. The molecule has 0 aliphatic carbocycles. The molecule has 102 valence electrons. The van der Waals surface area contributed by atoms with Crippen molar-refractivity contribution >= 4 is 11.6 Å². The maximum atomic E-state index is 12.1. The number of rotatable bonds is 3. The van der Waals surface area contributed by atoms with Gasteiger partial charge in [0.1, 0.15) is 17.3 Å². The van der Waals surface area contributed by atoms with Crippen LogP contribution in [0.1, 0.15) is 42.1 Å². The Labute approximate surface area is 110 Å². The lowest BCUT2D eigenvalue weighted by atomic mass is 9.92. The molecule has 1 aromatic rings. The molecule has 1 unspecified atom stereocenters. The largest absolute Gasteiger partial charge is 0.508 e. The van der Waals surface area contributed by atoms with Gasteiger partial charge in [-0.05, 0) is 18.6 Å². The number of ketones is 2. The molecule has 0 fully saturated rings. The van der Waals surface area contributed by atoms with Gasteiger partial charge in [-0.15, -0.1) is 0 Å². The highest BCUT2D eigenvalue weighted by Crippen LogP contribution is 2.38. The van der Waals surface area contributed by atoms with Gasteiger partial charge >= 0.3 is 0 Å². The first kappa shape index (κ1) is 13.5. The Morgan fingerprint density at radius 2 is 2.16 bits per heavy atom. The average molecular weight is 264 g/mol. The third-order valence-corrected chi connectivity index (χ3v) is 3.17. The van der Waals surface area contributed by atoms with Gasteiger partial charge in [0.05, 0.1) is 18.4 Å². The van der Waals surface area contributed by atoms with Crippen LogP contribution in [-0.4, -0.2) is 27.6 Å². The summed E-state index contributed by atoms with van der Waals surface area (Å²) in [6, 6.07) is 2.74. The highest BCUT2D eigenvalue weighted by Gasteiger charge is 2.41. The van der Waals surface area contributed by atoms with Crippen LogP contribution in [0.5, 0.6) is 11.5 Å². The van der Waals surface area contributed by atoms with E-state index in [1.165, 1.54) is 12.1 Å². The van der Waals surface area contributed by atoms with Crippen LogP contribution in [0.4, 0.5) is 0 Å². The lowest BCUT2D eigenvalue weighted by Gasteiger charge is -2.33. The van der Waals surface area contributed by atoms with E-state index in [9.17, 15) is 19.8 Å². The van der Waals surface area contributed by atoms with Crippen LogP contribution in [0.25, 0.3) is 0 Å². The molecule has 0 saturated heterocycles. The first-order chi connectivity index (χ1) is 8.84. The number of fused-ring (bicyclic) bond motifs is 1. The van der Waals surface area contributed by atoms with E-state index in [1.54, 1.807) is 13.8 Å². The minimum Gasteiger partial charge on any atom is -0.508 e. The molecule has 0 bridgehead atoms. The summed E-state index contributed by atoms with van der Waals surface area (Å²) in [5.74, 6) is -2.20. The van der Waals surface area contributed by atoms with Gasteiger partial charge in [-0.25, -0.2) is 0 Å². The zero-order chi connectivity index (χ0) is 14.2. The fraction of sp³-hybridized carbons (Fsp3) is 0.429. The first-order valence-electron chi connectivity index (χ1n) is 6.14. The number of ether oxygens (including phenoxy) is 1. The van der Waals surface area contributed by atoms with E-state index < -0.39 is 5.79 Å². The van der Waals surface area contributed by atoms with E-state index in [-0.39, 0.29) is 42.3 Å². The molecule has 2 N–H and O–H groups in total. The summed E-state index contributed by atoms with van der Waals surface area (Å²) in [5.41, 5.74) is 0.940. The molecule has 5 heteroatoms. The molecule has 1 heterocycles. The summed E-state index contributed by atoms with van der Waals surface area (Å²) in [7, 11) is 0. The van der Waals surface area contributed by atoms with Gasteiger partial charge in [0, 0.05) is 12.5 Å². The van der Waals surface area contributed by atoms with E-state index in [1.807, 2.05) is 0 Å². The third kappa shape index (κ3) is 2.61. The molecule has 0 saturated carbocycles. The van der Waals surface area contributed by atoms with E-state index in [0.29, 0.717) is 11.1 Å². The van der Waals surface area contributed by atoms with Crippen molar-refractivity contribution < 1.29 is 24.5 Å². The maximum Gasteiger partial charge on any atom is 0.222 e. The fourth-order valence-electron chi connectivity index (χ4n) is 2.29. The highest BCUT2D eigenvalue weighted by atomic mass is 16.6. The zero-order valence-electron chi connectivity index (χ0n) is 10.9. The van der Waals surface area contributed by atoms with E-state index in [2.05, 4.69) is 0 Å². The molecular weight excluding hydrogens is 248 g/mol. The smallest absolute Gasteiger partial charge is 0.222 e. The van der Waals surface area contributed by atoms with Crippen LogP contribution < -0.4 is 4.74 Å².